The van der Waals surface area contributed by atoms with Crippen molar-refractivity contribution in [1.29, 1.82) is 0 Å². The van der Waals surface area contributed by atoms with E-state index < -0.39 is 17.8 Å². The van der Waals surface area contributed by atoms with Crippen molar-refractivity contribution in [3.63, 3.8) is 0 Å². The molecule has 0 bridgehead atoms. The van der Waals surface area contributed by atoms with Crippen molar-refractivity contribution in [3.05, 3.63) is 29.5 Å². The molecule has 0 saturated heterocycles. The molecule has 0 saturated carbocycles. The van der Waals surface area contributed by atoms with Crippen LogP contribution in [0.25, 0.3) is 6.08 Å². The van der Waals surface area contributed by atoms with Gasteiger partial charge in [-0.05, 0) is 32.1 Å². The lowest BCUT2D eigenvalue weighted by Crippen LogP contribution is -2.25. The number of carboxylic acids is 1. The molecule has 7 heteroatoms. The summed E-state index contributed by atoms with van der Waals surface area (Å²) in [4.78, 5) is 15.8. The zero-order valence-corrected chi connectivity index (χ0v) is 11.1. The number of aromatic nitrogens is 1. The second-order valence-corrected chi connectivity index (χ2v) is 3.95. The number of nitrogens with zero attached hydrogens (tertiary/aromatic N) is 2. The van der Waals surface area contributed by atoms with Crippen molar-refractivity contribution in [2.45, 2.75) is 20.0 Å². The van der Waals surface area contributed by atoms with E-state index in [2.05, 4.69) is 4.98 Å². The minimum absolute atomic E-state index is 0.127. The highest BCUT2D eigenvalue weighted by molar-refractivity contribution is 5.86. The van der Waals surface area contributed by atoms with E-state index in [9.17, 15) is 18.0 Å². The Balaban J connectivity index is 3.33. The number of rotatable bonds is 5. The van der Waals surface area contributed by atoms with Crippen LogP contribution >= 0.6 is 0 Å². The summed E-state index contributed by atoms with van der Waals surface area (Å²) in [5.41, 5.74) is -0.657. The minimum Gasteiger partial charge on any atom is -0.478 e. The van der Waals surface area contributed by atoms with Gasteiger partial charge in [0.25, 0.3) is 0 Å². The van der Waals surface area contributed by atoms with Gasteiger partial charge in [-0.1, -0.05) is 0 Å². The zero-order valence-electron chi connectivity index (χ0n) is 11.1. The van der Waals surface area contributed by atoms with E-state index in [0.717, 1.165) is 12.1 Å². The summed E-state index contributed by atoms with van der Waals surface area (Å²) < 4.78 is 38.1. The highest BCUT2D eigenvalue weighted by Crippen LogP contribution is 2.31. The maximum Gasteiger partial charge on any atom is 0.433 e. The molecule has 0 aromatic carbocycles. The molecule has 0 spiro atoms. The Morgan fingerprint density at radius 3 is 2.40 bits per heavy atom. The van der Waals surface area contributed by atoms with Crippen LogP contribution in [-0.4, -0.2) is 29.1 Å². The number of halogens is 3. The van der Waals surface area contributed by atoms with Crippen LogP contribution in [0.15, 0.2) is 18.2 Å². The van der Waals surface area contributed by atoms with Gasteiger partial charge in [0.05, 0.1) is 0 Å². The van der Waals surface area contributed by atoms with E-state index in [4.69, 9.17) is 5.11 Å². The molecule has 20 heavy (non-hydrogen) atoms. The first-order chi connectivity index (χ1) is 9.29. The molecule has 0 amide bonds. The third-order valence-electron chi connectivity index (χ3n) is 2.66. The maximum atomic E-state index is 12.7. The second-order valence-electron chi connectivity index (χ2n) is 3.95. The van der Waals surface area contributed by atoms with Gasteiger partial charge in [0.15, 0.2) is 0 Å². The predicted molar refractivity (Wildman–Crippen MR) is 69.5 cm³/mol. The molecule has 1 heterocycles. The Morgan fingerprint density at radius 2 is 1.95 bits per heavy atom. The second kappa shape index (κ2) is 6.40. The fourth-order valence-corrected chi connectivity index (χ4v) is 1.68. The summed E-state index contributed by atoms with van der Waals surface area (Å²) in [7, 11) is 0. The van der Waals surface area contributed by atoms with Crippen LogP contribution in [0.1, 0.15) is 25.1 Å². The largest absolute Gasteiger partial charge is 0.478 e. The Morgan fingerprint density at radius 1 is 1.35 bits per heavy atom. The Bertz CT molecular complexity index is 509. The van der Waals surface area contributed by atoms with Gasteiger partial charge < -0.3 is 10.0 Å². The number of hydrogen-bond acceptors (Lipinski definition) is 3. The van der Waals surface area contributed by atoms with E-state index >= 15 is 0 Å². The molecule has 1 aromatic rings. The molecule has 0 unspecified atom stereocenters. The highest BCUT2D eigenvalue weighted by Gasteiger charge is 2.33. The third kappa shape index (κ3) is 3.97. The van der Waals surface area contributed by atoms with Gasteiger partial charge in [-0.2, -0.15) is 13.2 Å². The van der Waals surface area contributed by atoms with Crippen LogP contribution in [0.2, 0.25) is 0 Å². The first-order valence-electron chi connectivity index (χ1n) is 6.03. The zero-order chi connectivity index (χ0) is 15.3. The number of alkyl halides is 3. The van der Waals surface area contributed by atoms with Crippen LogP contribution in [0, 0.1) is 0 Å². The molecule has 1 N–H and O–H groups in total. The summed E-state index contributed by atoms with van der Waals surface area (Å²) >= 11 is 0. The highest BCUT2D eigenvalue weighted by atomic mass is 19.4. The van der Waals surface area contributed by atoms with E-state index in [1.54, 1.807) is 18.7 Å². The maximum absolute atomic E-state index is 12.7. The summed E-state index contributed by atoms with van der Waals surface area (Å²) in [6.45, 7) is 4.52. The Hall–Kier alpha value is -2.05. The van der Waals surface area contributed by atoms with Crippen LogP contribution in [-0.2, 0) is 11.0 Å². The standard InChI is InChI=1S/C13H15F3N2O2/c1-3-18(4-2)12-9(6-8-11(19)20)5-7-10(17-12)13(14,15)16/h5-8H,3-4H2,1-2H3,(H,19,20)/b8-6+. The van der Waals surface area contributed by atoms with Crippen molar-refractivity contribution >= 4 is 17.9 Å². The topological polar surface area (TPSA) is 53.4 Å². The molecule has 0 radical (unpaired) electrons. The van der Waals surface area contributed by atoms with Gasteiger partial charge >= 0.3 is 12.1 Å². The SMILES string of the molecule is CCN(CC)c1nc(C(F)(F)F)ccc1/C=C/C(=O)O. The van der Waals surface area contributed by atoms with Gasteiger partial charge in [-0.15, -0.1) is 0 Å². The Kier molecular flexibility index (Phi) is 5.12. The molecule has 1 aromatic heterocycles. The van der Waals surface area contributed by atoms with Crippen LogP contribution in [0.3, 0.4) is 0 Å². The summed E-state index contributed by atoms with van der Waals surface area (Å²) in [5, 5.41) is 8.60. The number of carboxylic acid groups (broad SMARTS) is 1. The predicted octanol–water partition coefficient (Wildman–Crippen LogP) is 3.04. The molecule has 0 aliphatic carbocycles. The molecule has 0 aliphatic heterocycles. The van der Waals surface area contributed by atoms with Crippen LogP contribution in [0.4, 0.5) is 19.0 Å². The summed E-state index contributed by atoms with van der Waals surface area (Å²) in [5.74, 6) is -1.04. The van der Waals surface area contributed by atoms with Crippen molar-refractivity contribution in [2.24, 2.45) is 0 Å². The minimum atomic E-state index is -4.53. The van der Waals surface area contributed by atoms with E-state index in [0.29, 0.717) is 18.7 Å². The molecule has 1 rings (SSSR count). The normalized spacial score (nSPS) is 11.8. The van der Waals surface area contributed by atoms with Gasteiger partial charge in [-0.3, -0.25) is 0 Å². The number of anilines is 1. The number of pyridine rings is 1. The quantitative estimate of drug-likeness (QED) is 0.846. The first kappa shape index (κ1) is 16.0. The van der Waals surface area contributed by atoms with Crippen molar-refractivity contribution < 1.29 is 23.1 Å². The fraction of sp³-hybridized carbons (Fsp3) is 0.385. The molecule has 0 aliphatic rings. The van der Waals surface area contributed by atoms with Crippen LogP contribution in [0.5, 0.6) is 0 Å². The summed E-state index contributed by atoms with van der Waals surface area (Å²) in [6.07, 6.45) is -2.42. The van der Waals surface area contributed by atoms with E-state index in [1.165, 1.54) is 12.1 Å². The molecule has 0 atom stereocenters. The smallest absolute Gasteiger partial charge is 0.433 e. The average molecular weight is 288 g/mol. The van der Waals surface area contributed by atoms with Crippen molar-refractivity contribution in [3.8, 4) is 0 Å². The van der Waals surface area contributed by atoms with Gasteiger partial charge in [0.1, 0.15) is 11.5 Å². The number of carbonyl (C=O) groups is 1. The van der Waals surface area contributed by atoms with Gasteiger partial charge in [0.2, 0.25) is 0 Å². The molecular weight excluding hydrogens is 273 g/mol. The van der Waals surface area contributed by atoms with Crippen LogP contribution < -0.4 is 4.90 Å². The lowest BCUT2D eigenvalue weighted by atomic mass is 10.2. The molecular formula is C13H15F3N2O2. The lowest BCUT2D eigenvalue weighted by Gasteiger charge is -2.23. The average Bonchev–Trinajstić information content (AvgIpc) is 2.37. The first-order valence-corrected chi connectivity index (χ1v) is 6.03. The number of hydrogen-bond donors (Lipinski definition) is 1. The molecule has 4 nitrogen and oxygen atoms in total. The van der Waals surface area contributed by atoms with Crippen molar-refractivity contribution in [2.75, 3.05) is 18.0 Å². The van der Waals surface area contributed by atoms with E-state index in [-0.39, 0.29) is 5.82 Å². The summed E-state index contributed by atoms with van der Waals surface area (Å²) in [6, 6.07) is 2.07. The van der Waals surface area contributed by atoms with Gasteiger partial charge in [-0.25, -0.2) is 9.78 Å². The fourth-order valence-electron chi connectivity index (χ4n) is 1.68. The van der Waals surface area contributed by atoms with Crippen molar-refractivity contribution in [1.82, 2.24) is 4.98 Å². The molecule has 110 valence electrons. The number of aliphatic carboxylic acids is 1. The molecule has 0 fully saturated rings. The lowest BCUT2D eigenvalue weighted by molar-refractivity contribution is -0.141. The Labute approximate surface area is 114 Å². The third-order valence-corrected chi connectivity index (χ3v) is 2.66. The van der Waals surface area contributed by atoms with E-state index in [1.807, 2.05) is 0 Å². The monoisotopic (exact) mass is 288 g/mol. The van der Waals surface area contributed by atoms with Gasteiger partial charge in [0, 0.05) is 24.7 Å².